The van der Waals surface area contributed by atoms with Gasteiger partial charge < -0.3 is 4.98 Å². The molecule has 4 heteroatoms. The summed E-state index contributed by atoms with van der Waals surface area (Å²) >= 11 is 0. The van der Waals surface area contributed by atoms with Crippen molar-refractivity contribution in [3.63, 3.8) is 0 Å². The molecule has 1 aromatic heterocycles. The third-order valence-corrected chi connectivity index (χ3v) is 1.97. The topological polar surface area (TPSA) is 62.3 Å². The lowest BCUT2D eigenvalue weighted by Gasteiger charge is -1.96. The fourth-order valence-corrected chi connectivity index (χ4v) is 1.26. The molecule has 0 fully saturated rings. The molecule has 0 radical (unpaired) electrons. The van der Waals surface area contributed by atoms with Gasteiger partial charge in [-0.3, -0.25) is 4.89 Å². The molecule has 0 aromatic carbocycles. The van der Waals surface area contributed by atoms with Crippen molar-refractivity contribution >= 4 is 5.97 Å². The molecule has 1 rings (SSSR count). The van der Waals surface area contributed by atoms with Gasteiger partial charge in [0, 0.05) is 11.4 Å². The van der Waals surface area contributed by atoms with Crippen molar-refractivity contribution in [2.75, 3.05) is 0 Å². The van der Waals surface area contributed by atoms with E-state index in [-0.39, 0.29) is 0 Å². The SMILES string of the molecule is Cc1[nH]c(C)c(C(=O)OO)c1C. The van der Waals surface area contributed by atoms with Crippen LogP contribution >= 0.6 is 0 Å². The highest BCUT2D eigenvalue weighted by molar-refractivity contribution is 5.92. The molecule has 4 nitrogen and oxygen atoms in total. The number of H-pyrrole nitrogens is 1. The molecule has 1 heterocycles. The van der Waals surface area contributed by atoms with Crippen molar-refractivity contribution in [3.05, 3.63) is 22.5 Å². The summed E-state index contributed by atoms with van der Waals surface area (Å²) in [7, 11) is 0. The van der Waals surface area contributed by atoms with Gasteiger partial charge >= 0.3 is 5.97 Å². The predicted molar refractivity (Wildman–Crippen MR) is 43.0 cm³/mol. The second-order valence-electron chi connectivity index (χ2n) is 2.75. The maximum atomic E-state index is 11.0. The van der Waals surface area contributed by atoms with Crippen LogP contribution < -0.4 is 0 Å². The molecule has 0 aliphatic rings. The van der Waals surface area contributed by atoms with Crippen molar-refractivity contribution in [2.45, 2.75) is 20.8 Å². The summed E-state index contributed by atoms with van der Waals surface area (Å²) < 4.78 is 0. The first-order chi connectivity index (χ1) is 5.57. The fraction of sp³-hybridized carbons (Fsp3) is 0.375. The Morgan fingerprint density at radius 1 is 1.33 bits per heavy atom. The van der Waals surface area contributed by atoms with E-state index in [4.69, 9.17) is 5.26 Å². The number of nitrogens with one attached hydrogen (secondary N) is 1. The van der Waals surface area contributed by atoms with Crippen LogP contribution in [0.25, 0.3) is 0 Å². The zero-order valence-electron chi connectivity index (χ0n) is 7.26. The van der Waals surface area contributed by atoms with Crippen LogP contribution in [0.3, 0.4) is 0 Å². The Hall–Kier alpha value is -1.29. The molecule has 66 valence electrons. The van der Waals surface area contributed by atoms with Crippen LogP contribution in [0.1, 0.15) is 27.3 Å². The van der Waals surface area contributed by atoms with Crippen LogP contribution in [0.4, 0.5) is 0 Å². The summed E-state index contributed by atoms with van der Waals surface area (Å²) in [5.41, 5.74) is 2.85. The maximum Gasteiger partial charge on any atom is 0.374 e. The Morgan fingerprint density at radius 3 is 2.25 bits per heavy atom. The van der Waals surface area contributed by atoms with Gasteiger partial charge in [-0.1, -0.05) is 0 Å². The number of aromatic nitrogens is 1. The van der Waals surface area contributed by atoms with Crippen LogP contribution in [0, 0.1) is 20.8 Å². The van der Waals surface area contributed by atoms with Crippen molar-refractivity contribution < 1.29 is 14.9 Å². The van der Waals surface area contributed by atoms with E-state index in [1.54, 1.807) is 13.8 Å². The number of hydrogen-bond donors (Lipinski definition) is 2. The van der Waals surface area contributed by atoms with Crippen LogP contribution in [0.5, 0.6) is 0 Å². The van der Waals surface area contributed by atoms with Gasteiger partial charge in [-0.25, -0.2) is 4.79 Å². The van der Waals surface area contributed by atoms with Crippen LogP contribution in [-0.4, -0.2) is 16.2 Å². The number of carbonyl (C=O) groups is 1. The van der Waals surface area contributed by atoms with Crippen molar-refractivity contribution in [1.82, 2.24) is 4.98 Å². The first-order valence-corrected chi connectivity index (χ1v) is 3.59. The molecular weight excluding hydrogens is 158 g/mol. The monoisotopic (exact) mass is 169 g/mol. The van der Waals surface area contributed by atoms with E-state index in [9.17, 15) is 4.79 Å². The molecule has 0 amide bonds. The largest absolute Gasteiger partial charge is 0.374 e. The van der Waals surface area contributed by atoms with Crippen LogP contribution in [-0.2, 0) is 4.89 Å². The molecule has 0 aliphatic heterocycles. The number of rotatable bonds is 1. The van der Waals surface area contributed by atoms with Crippen molar-refractivity contribution in [2.24, 2.45) is 0 Å². The first-order valence-electron chi connectivity index (χ1n) is 3.59. The van der Waals surface area contributed by atoms with Crippen LogP contribution in [0.15, 0.2) is 0 Å². The van der Waals surface area contributed by atoms with E-state index >= 15 is 0 Å². The van der Waals surface area contributed by atoms with Gasteiger partial charge in [0.15, 0.2) is 0 Å². The average molecular weight is 169 g/mol. The number of aromatic amines is 1. The van der Waals surface area contributed by atoms with Gasteiger partial charge in [0.2, 0.25) is 0 Å². The lowest BCUT2D eigenvalue weighted by molar-refractivity contribution is -0.182. The number of aryl methyl sites for hydroxylation is 2. The van der Waals surface area contributed by atoms with Gasteiger partial charge in [0.1, 0.15) is 0 Å². The van der Waals surface area contributed by atoms with E-state index in [0.29, 0.717) is 11.3 Å². The van der Waals surface area contributed by atoms with Crippen molar-refractivity contribution in [1.29, 1.82) is 0 Å². The Bertz CT molecular complexity index is 314. The third-order valence-electron chi connectivity index (χ3n) is 1.97. The normalized spacial score (nSPS) is 10.0. The Kier molecular flexibility index (Phi) is 2.19. The zero-order chi connectivity index (χ0) is 9.30. The maximum absolute atomic E-state index is 11.0. The third kappa shape index (κ3) is 1.21. The van der Waals surface area contributed by atoms with E-state index < -0.39 is 5.97 Å². The molecule has 12 heavy (non-hydrogen) atoms. The average Bonchev–Trinajstić information content (AvgIpc) is 2.26. The molecule has 0 bridgehead atoms. The first kappa shape index (κ1) is 8.80. The Morgan fingerprint density at radius 2 is 1.92 bits per heavy atom. The van der Waals surface area contributed by atoms with Gasteiger partial charge in [-0.15, -0.1) is 0 Å². The van der Waals surface area contributed by atoms with Gasteiger partial charge in [0.05, 0.1) is 5.56 Å². The molecule has 0 saturated carbocycles. The molecule has 0 aliphatic carbocycles. The number of carbonyl (C=O) groups excluding carboxylic acids is 1. The molecule has 0 saturated heterocycles. The highest BCUT2D eigenvalue weighted by atomic mass is 17.1. The van der Waals surface area contributed by atoms with E-state index in [1.165, 1.54) is 0 Å². The summed E-state index contributed by atoms with van der Waals surface area (Å²) in [5, 5.41) is 8.18. The lowest BCUT2D eigenvalue weighted by atomic mass is 10.1. The van der Waals surface area contributed by atoms with Gasteiger partial charge in [-0.2, -0.15) is 5.26 Å². The summed E-state index contributed by atoms with van der Waals surface area (Å²) in [6.07, 6.45) is 0. The molecule has 0 spiro atoms. The Balaban J connectivity index is 3.22. The zero-order valence-corrected chi connectivity index (χ0v) is 7.26. The van der Waals surface area contributed by atoms with Crippen molar-refractivity contribution in [3.8, 4) is 0 Å². The Labute approximate surface area is 70.1 Å². The lowest BCUT2D eigenvalue weighted by Crippen LogP contribution is -2.03. The minimum atomic E-state index is -0.714. The summed E-state index contributed by atoms with van der Waals surface area (Å²) in [5.74, 6) is -0.714. The number of hydrogen-bond acceptors (Lipinski definition) is 3. The quantitative estimate of drug-likeness (QED) is 0.495. The van der Waals surface area contributed by atoms with E-state index in [2.05, 4.69) is 9.87 Å². The summed E-state index contributed by atoms with van der Waals surface area (Å²) in [6.45, 7) is 5.41. The summed E-state index contributed by atoms with van der Waals surface area (Å²) in [6, 6.07) is 0. The van der Waals surface area contributed by atoms with Gasteiger partial charge in [-0.05, 0) is 26.3 Å². The molecule has 1 aromatic rings. The minimum absolute atomic E-state index is 0.412. The van der Waals surface area contributed by atoms with E-state index in [1.807, 2.05) is 6.92 Å². The second kappa shape index (κ2) is 2.98. The predicted octanol–water partition coefficient (Wildman–Crippen LogP) is 1.57. The molecule has 2 N–H and O–H groups in total. The minimum Gasteiger partial charge on any atom is -0.362 e. The highest BCUT2D eigenvalue weighted by Crippen LogP contribution is 2.17. The summed E-state index contributed by atoms with van der Waals surface area (Å²) in [4.78, 5) is 17.6. The molecular formula is C8H11NO3. The van der Waals surface area contributed by atoms with Gasteiger partial charge in [0.25, 0.3) is 0 Å². The highest BCUT2D eigenvalue weighted by Gasteiger charge is 2.17. The smallest absolute Gasteiger partial charge is 0.362 e. The fourth-order valence-electron chi connectivity index (χ4n) is 1.26. The van der Waals surface area contributed by atoms with E-state index in [0.717, 1.165) is 11.3 Å². The second-order valence-corrected chi connectivity index (χ2v) is 2.75. The molecule has 0 atom stereocenters. The standard InChI is InChI=1S/C8H11NO3/c1-4-5(2)9-6(3)7(4)8(10)12-11/h9,11H,1-3H3. The van der Waals surface area contributed by atoms with Crippen LogP contribution in [0.2, 0.25) is 0 Å². The molecule has 0 unspecified atom stereocenters.